The van der Waals surface area contributed by atoms with Crippen LogP contribution >= 0.6 is 0 Å². The second-order valence-corrected chi connectivity index (χ2v) is 6.64. The average molecular weight is 285 g/mol. The third kappa shape index (κ3) is 3.33. The minimum absolute atomic E-state index is 0.0884. The van der Waals surface area contributed by atoms with Gasteiger partial charge in [0.05, 0.1) is 17.6 Å². The lowest BCUT2D eigenvalue weighted by Crippen LogP contribution is -2.35. The van der Waals surface area contributed by atoms with Crippen molar-refractivity contribution in [2.45, 2.75) is 31.0 Å². The minimum atomic E-state index is -3.47. The summed E-state index contributed by atoms with van der Waals surface area (Å²) >= 11 is 0. The van der Waals surface area contributed by atoms with Crippen molar-refractivity contribution in [2.75, 3.05) is 19.7 Å². The molecule has 1 N–H and O–H groups in total. The third-order valence-corrected chi connectivity index (χ3v) is 5.04. The zero-order chi connectivity index (χ0) is 13.9. The molecule has 0 aromatic heterocycles. The van der Waals surface area contributed by atoms with Crippen LogP contribution in [0.2, 0.25) is 0 Å². The molecule has 1 aromatic rings. The standard InChI is InChI=1S/C13H19NO4S/c1-11-9-14(7-2-8-18-11)19(16,17)13-5-3-12(10-15)4-6-13/h3-6,11,15H,2,7-10H2,1H3. The molecule has 0 bridgehead atoms. The smallest absolute Gasteiger partial charge is 0.243 e. The molecule has 0 amide bonds. The Bertz CT molecular complexity index is 512. The molecule has 106 valence electrons. The molecule has 1 saturated heterocycles. The molecule has 1 unspecified atom stereocenters. The summed E-state index contributed by atoms with van der Waals surface area (Å²) in [4.78, 5) is 0.263. The zero-order valence-electron chi connectivity index (χ0n) is 10.9. The molecular weight excluding hydrogens is 266 g/mol. The van der Waals surface area contributed by atoms with Gasteiger partial charge in [-0.05, 0) is 31.0 Å². The Morgan fingerprint density at radius 3 is 2.68 bits per heavy atom. The molecule has 0 radical (unpaired) electrons. The Hall–Kier alpha value is -0.950. The summed E-state index contributed by atoms with van der Waals surface area (Å²) in [6.45, 7) is 3.24. The Kier molecular flexibility index (Phi) is 4.57. The molecule has 0 saturated carbocycles. The van der Waals surface area contributed by atoms with E-state index in [0.29, 0.717) is 31.7 Å². The van der Waals surface area contributed by atoms with Crippen LogP contribution < -0.4 is 0 Å². The van der Waals surface area contributed by atoms with Crippen molar-refractivity contribution in [3.8, 4) is 0 Å². The molecule has 5 nitrogen and oxygen atoms in total. The van der Waals surface area contributed by atoms with Crippen LogP contribution in [-0.4, -0.2) is 43.6 Å². The fourth-order valence-electron chi connectivity index (χ4n) is 2.09. The van der Waals surface area contributed by atoms with E-state index in [1.54, 1.807) is 12.1 Å². The first kappa shape index (κ1) is 14.5. The van der Waals surface area contributed by atoms with Gasteiger partial charge >= 0.3 is 0 Å². The van der Waals surface area contributed by atoms with Gasteiger partial charge in [-0.25, -0.2) is 8.42 Å². The number of nitrogens with zero attached hydrogens (tertiary/aromatic N) is 1. The summed E-state index contributed by atoms with van der Waals surface area (Å²) in [6, 6.07) is 6.34. The van der Waals surface area contributed by atoms with Crippen molar-refractivity contribution in [2.24, 2.45) is 0 Å². The molecule has 1 aliphatic rings. The predicted molar refractivity (Wildman–Crippen MR) is 71.2 cm³/mol. The SMILES string of the molecule is CC1CN(S(=O)(=O)c2ccc(CO)cc2)CCCO1. The van der Waals surface area contributed by atoms with Gasteiger partial charge in [0.25, 0.3) is 0 Å². The van der Waals surface area contributed by atoms with Gasteiger partial charge in [-0.3, -0.25) is 0 Å². The topological polar surface area (TPSA) is 66.8 Å². The predicted octanol–water partition coefficient (Wildman–Crippen LogP) is 0.978. The van der Waals surface area contributed by atoms with Crippen molar-refractivity contribution >= 4 is 10.0 Å². The van der Waals surface area contributed by atoms with Crippen molar-refractivity contribution < 1.29 is 18.3 Å². The number of aliphatic hydroxyl groups is 1. The quantitative estimate of drug-likeness (QED) is 0.899. The highest BCUT2D eigenvalue weighted by atomic mass is 32.2. The summed E-state index contributed by atoms with van der Waals surface area (Å²) < 4.78 is 31.9. The van der Waals surface area contributed by atoms with E-state index in [1.165, 1.54) is 16.4 Å². The minimum Gasteiger partial charge on any atom is -0.392 e. The maximum absolute atomic E-state index is 12.5. The van der Waals surface area contributed by atoms with Crippen molar-refractivity contribution in [3.63, 3.8) is 0 Å². The van der Waals surface area contributed by atoms with E-state index in [0.717, 1.165) is 0 Å². The number of rotatable bonds is 3. The van der Waals surface area contributed by atoms with E-state index in [2.05, 4.69) is 0 Å². The molecule has 1 fully saturated rings. The van der Waals surface area contributed by atoms with Gasteiger partial charge in [-0.2, -0.15) is 4.31 Å². The largest absolute Gasteiger partial charge is 0.392 e. The van der Waals surface area contributed by atoms with Crippen LogP contribution in [0.3, 0.4) is 0 Å². The van der Waals surface area contributed by atoms with E-state index in [-0.39, 0.29) is 17.6 Å². The summed E-state index contributed by atoms with van der Waals surface area (Å²) in [5, 5.41) is 8.98. The normalized spacial score (nSPS) is 22.1. The van der Waals surface area contributed by atoms with E-state index in [1.807, 2.05) is 6.92 Å². The van der Waals surface area contributed by atoms with Crippen molar-refractivity contribution in [3.05, 3.63) is 29.8 Å². The van der Waals surface area contributed by atoms with Gasteiger partial charge in [0.1, 0.15) is 0 Å². The first-order chi connectivity index (χ1) is 9.04. The highest BCUT2D eigenvalue weighted by Gasteiger charge is 2.27. The van der Waals surface area contributed by atoms with E-state index in [9.17, 15) is 8.42 Å². The number of hydrogen-bond acceptors (Lipinski definition) is 4. The van der Waals surface area contributed by atoms with Crippen LogP contribution in [0.1, 0.15) is 18.9 Å². The lowest BCUT2D eigenvalue weighted by atomic mass is 10.2. The number of benzene rings is 1. The second-order valence-electron chi connectivity index (χ2n) is 4.70. The van der Waals surface area contributed by atoms with Gasteiger partial charge in [0.15, 0.2) is 0 Å². The first-order valence-electron chi connectivity index (χ1n) is 6.35. The summed E-state index contributed by atoms with van der Waals surface area (Å²) in [6.07, 6.45) is 0.618. The van der Waals surface area contributed by atoms with Gasteiger partial charge in [0, 0.05) is 19.7 Å². The summed E-state index contributed by atoms with van der Waals surface area (Å²) in [5.74, 6) is 0. The molecular formula is C13H19NO4S. The first-order valence-corrected chi connectivity index (χ1v) is 7.79. The molecule has 1 aromatic carbocycles. The van der Waals surface area contributed by atoms with Gasteiger partial charge in [-0.15, -0.1) is 0 Å². The van der Waals surface area contributed by atoms with Crippen LogP contribution in [0.25, 0.3) is 0 Å². The fourth-order valence-corrected chi connectivity index (χ4v) is 3.64. The Labute approximate surface area is 113 Å². The molecule has 0 spiro atoms. The summed E-state index contributed by atoms with van der Waals surface area (Å²) in [7, 11) is -3.47. The number of hydrogen-bond donors (Lipinski definition) is 1. The van der Waals surface area contributed by atoms with Crippen molar-refractivity contribution in [1.29, 1.82) is 0 Å². The maximum Gasteiger partial charge on any atom is 0.243 e. The molecule has 19 heavy (non-hydrogen) atoms. The summed E-state index contributed by atoms with van der Waals surface area (Å²) in [5.41, 5.74) is 0.700. The molecule has 2 rings (SSSR count). The highest BCUT2D eigenvalue weighted by molar-refractivity contribution is 7.89. The monoisotopic (exact) mass is 285 g/mol. The zero-order valence-corrected chi connectivity index (χ0v) is 11.8. The van der Waals surface area contributed by atoms with Gasteiger partial charge < -0.3 is 9.84 Å². The van der Waals surface area contributed by atoms with E-state index >= 15 is 0 Å². The van der Waals surface area contributed by atoms with Crippen LogP contribution in [0, 0.1) is 0 Å². The number of sulfonamides is 1. The molecule has 1 aliphatic heterocycles. The fraction of sp³-hybridized carbons (Fsp3) is 0.538. The maximum atomic E-state index is 12.5. The van der Waals surface area contributed by atoms with Gasteiger partial charge in [-0.1, -0.05) is 12.1 Å². The van der Waals surface area contributed by atoms with Crippen molar-refractivity contribution in [1.82, 2.24) is 4.31 Å². The van der Waals surface area contributed by atoms with Crippen LogP contribution in [0.4, 0.5) is 0 Å². The molecule has 1 heterocycles. The van der Waals surface area contributed by atoms with Crippen LogP contribution in [0.15, 0.2) is 29.2 Å². The third-order valence-electron chi connectivity index (χ3n) is 3.16. The second kappa shape index (κ2) is 6.00. The number of ether oxygens (including phenoxy) is 1. The number of aliphatic hydroxyl groups excluding tert-OH is 1. The molecule has 1 atom stereocenters. The van der Waals surface area contributed by atoms with Crippen LogP contribution in [0.5, 0.6) is 0 Å². The Morgan fingerprint density at radius 1 is 1.37 bits per heavy atom. The van der Waals surface area contributed by atoms with Gasteiger partial charge in [0.2, 0.25) is 10.0 Å². The lowest BCUT2D eigenvalue weighted by molar-refractivity contribution is 0.0752. The Balaban J connectivity index is 2.24. The molecule has 0 aliphatic carbocycles. The average Bonchev–Trinajstić information content (AvgIpc) is 2.64. The Morgan fingerprint density at radius 2 is 2.05 bits per heavy atom. The van der Waals surface area contributed by atoms with E-state index < -0.39 is 10.0 Å². The van der Waals surface area contributed by atoms with E-state index in [4.69, 9.17) is 9.84 Å². The van der Waals surface area contributed by atoms with Crippen LogP contribution in [-0.2, 0) is 21.4 Å². The highest BCUT2D eigenvalue weighted by Crippen LogP contribution is 2.19. The molecule has 6 heteroatoms. The lowest BCUT2D eigenvalue weighted by Gasteiger charge is -2.21.